The Labute approximate surface area is 290 Å². The summed E-state index contributed by atoms with van der Waals surface area (Å²) >= 11 is 0. The number of aliphatic hydroxyl groups is 6. The second-order valence-electron chi connectivity index (χ2n) is 11.3. The Morgan fingerprint density at radius 2 is 1.41 bits per heavy atom. The van der Waals surface area contributed by atoms with Gasteiger partial charge >= 0.3 is 11.9 Å². The van der Waals surface area contributed by atoms with E-state index < -0.39 is 86.6 Å². The zero-order valence-electron chi connectivity index (χ0n) is 27.6. The minimum Gasteiger partial charge on any atom is -0.504 e. The minimum absolute atomic E-state index is 0.0827. The van der Waals surface area contributed by atoms with E-state index in [4.69, 9.17) is 37.9 Å². The van der Waals surface area contributed by atoms with Crippen LogP contribution in [0.4, 0.5) is 0 Å². The van der Waals surface area contributed by atoms with E-state index in [-0.39, 0.29) is 28.7 Å². The normalized spacial score (nSPS) is 29.3. The van der Waals surface area contributed by atoms with Crippen molar-refractivity contribution in [2.45, 2.75) is 54.8 Å². The van der Waals surface area contributed by atoms with Crippen molar-refractivity contribution in [1.29, 1.82) is 0 Å². The zero-order valence-corrected chi connectivity index (χ0v) is 27.6. The van der Waals surface area contributed by atoms with Crippen LogP contribution in [0.25, 0.3) is 12.2 Å². The van der Waals surface area contributed by atoms with Crippen molar-refractivity contribution in [3.05, 3.63) is 53.6 Å². The molecule has 2 heterocycles. The predicted octanol–water partition coefficient (Wildman–Crippen LogP) is -1.43. The van der Waals surface area contributed by atoms with Gasteiger partial charge in [-0.1, -0.05) is 6.07 Å². The number of ether oxygens (including phenoxy) is 8. The quantitative estimate of drug-likeness (QED) is 0.0819. The van der Waals surface area contributed by atoms with Gasteiger partial charge in [0, 0.05) is 12.2 Å². The van der Waals surface area contributed by atoms with Gasteiger partial charge in [0.25, 0.3) is 0 Å². The van der Waals surface area contributed by atoms with Crippen LogP contribution in [0.15, 0.2) is 42.5 Å². The third kappa shape index (κ3) is 8.87. The van der Waals surface area contributed by atoms with Crippen molar-refractivity contribution in [3.8, 4) is 28.7 Å². The first-order chi connectivity index (χ1) is 24.3. The van der Waals surface area contributed by atoms with Gasteiger partial charge in [0.1, 0.15) is 49.8 Å². The summed E-state index contributed by atoms with van der Waals surface area (Å²) in [6.07, 6.45) is -9.67. The third-order valence-electron chi connectivity index (χ3n) is 8.04. The fraction of sp³-hybridized carbons (Fsp3) is 0.455. The summed E-state index contributed by atoms with van der Waals surface area (Å²) in [5, 5.41) is 83.1. The molecule has 2 saturated heterocycles. The molecular formula is C33H40O18. The average molecular weight is 725 g/mol. The molecule has 2 aliphatic heterocycles. The van der Waals surface area contributed by atoms with Crippen molar-refractivity contribution in [2.24, 2.45) is 0 Å². The number of phenols is 2. The molecule has 18 nitrogen and oxygen atoms in total. The first-order valence-corrected chi connectivity index (χ1v) is 15.3. The van der Waals surface area contributed by atoms with Gasteiger partial charge in [-0.2, -0.15) is 0 Å². The SMILES string of the molecule is COc1cc(C=CC(=O)OC2C(O)C(CO)OC(OC3(CO)OC(COC(=O)C=Cc4cc(OC)c(O)c(OC)c4)C(O)C3O)C2O)ccc1O. The standard InChI is InChI=1S/C33H40O18/c1-44-19-10-16(4-7-18(19)36)5-9-25(38)49-30-27(40)22(13-34)48-32(29(30)42)51-33(15-35)31(43)28(41)23(50-33)14-47-24(37)8-6-17-11-20(45-2)26(39)21(12-17)46-3/h4-12,22-23,27-32,34-36,39-43H,13-15H2,1-3H3. The molecule has 0 amide bonds. The van der Waals surface area contributed by atoms with E-state index in [1.165, 1.54) is 63.8 Å². The van der Waals surface area contributed by atoms with Gasteiger partial charge in [-0.25, -0.2) is 9.59 Å². The van der Waals surface area contributed by atoms with E-state index >= 15 is 0 Å². The second kappa shape index (κ2) is 17.1. The van der Waals surface area contributed by atoms with Crippen LogP contribution in [0.2, 0.25) is 0 Å². The topological polar surface area (TPSA) is 270 Å². The number of aromatic hydroxyl groups is 2. The molecule has 2 aromatic carbocycles. The highest BCUT2D eigenvalue weighted by Crippen LogP contribution is 2.38. The van der Waals surface area contributed by atoms with Crippen molar-refractivity contribution in [2.75, 3.05) is 41.2 Å². The fourth-order valence-corrected chi connectivity index (χ4v) is 5.27. The molecular weight excluding hydrogens is 684 g/mol. The zero-order chi connectivity index (χ0) is 37.5. The van der Waals surface area contributed by atoms with Crippen molar-refractivity contribution >= 4 is 24.1 Å². The maximum atomic E-state index is 12.7. The smallest absolute Gasteiger partial charge is 0.331 e. The lowest BCUT2D eigenvalue weighted by molar-refractivity contribution is -0.383. The molecule has 4 rings (SSSR count). The lowest BCUT2D eigenvalue weighted by atomic mass is 9.98. The van der Waals surface area contributed by atoms with Gasteiger partial charge in [-0.05, 0) is 47.5 Å². The molecule has 280 valence electrons. The summed E-state index contributed by atoms with van der Waals surface area (Å²) in [7, 11) is 3.99. The number of hydrogen-bond donors (Lipinski definition) is 8. The second-order valence-corrected chi connectivity index (χ2v) is 11.3. The van der Waals surface area contributed by atoms with Gasteiger partial charge in [0.05, 0.1) is 27.9 Å². The van der Waals surface area contributed by atoms with E-state index in [1.807, 2.05) is 0 Å². The summed E-state index contributed by atoms with van der Waals surface area (Å²) in [6, 6.07) is 7.08. The number of carbonyl (C=O) groups is 2. The Bertz CT molecular complexity index is 1550. The highest BCUT2D eigenvalue weighted by molar-refractivity contribution is 5.88. The summed E-state index contributed by atoms with van der Waals surface area (Å²) in [6.45, 7) is -2.64. The van der Waals surface area contributed by atoms with Gasteiger partial charge in [0.2, 0.25) is 11.5 Å². The lowest BCUT2D eigenvalue weighted by Crippen LogP contribution is -2.63. The Hall–Kier alpha value is -4.50. The van der Waals surface area contributed by atoms with Crippen molar-refractivity contribution in [3.63, 3.8) is 0 Å². The number of rotatable bonds is 14. The van der Waals surface area contributed by atoms with Crippen LogP contribution < -0.4 is 14.2 Å². The molecule has 0 aromatic heterocycles. The Morgan fingerprint density at radius 1 is 0.804 bits per heavy atom. The molecule has 9 atom stereocenters. The molecule has 0 saturated carbocycles. The van der Waals surface area contributed by atoms with Gasteiger partial charge in [-0.3, -0.25) is 0 Å². The number of benzene rings is 2. The van der Waals surface area contributed by atoms with Gasteiger partial charge < -0.3 is 78.7 Å². The van der Waals surface area contributed by atoms with Crippen LogP contribution in [-0.2, 0) is 33.3 Å². The largest absolute Gasteiger partial charge is 0.504 e. The first kappa shape index (κ1) is 39.3. The Kier molecular flexibility index (Phi) is 13.2. The summed E-state index contributed by atoms with van der Waals surface area (Å²) < 4.78 is 42.2. The van der Waals surface area contributed by atoms with E-state index in [0.29, 0.717) is 11.1 Å². The van der Waals surface area contributed by atoms with Crippen LogP contribution in [0.3, 0.4) is 0 Å². The Morgan fingerprint density at radius 3 is 2.02 bits per heavy atom. The molecule has 2 aliphatic rings. The number of aliphatic hydroxyl groups excluding tert-OH is 6. The summed E-state index contributed by atoms with van der Waals surface area (Å²) in [5.74, 6) is -4.53. The van der Waals surface area contributed by atoms with Gasteiger partial charge in [0.15, 0.2) is 35.4 Å². The van der Waals surface area contributed by atoms with Crippen LogP contribution in [0, 0.1) is 0 Å². The highest BCUT2D eigenvalue weighted by atomic mass is 16.8. The van der Waals surface area contributed by atoms with Gasteiger partial charge in [-0.15, -0.1) is 0 Å². The maximum absolute atomic E-state index is 12.7. The number of hydrogen-bond acceptors (Lipinski definition) is 18. The minimum atomic E-state index is -2.49. The van der Waals surface area contributed by atoms with Crippen molar-refractivity contribution in [1.82, 2.24) is 0 Å². The predicted molar refractivity (Wildman–Crippen MR) is 170 cm³/mol. The summed E-state index contributed by atoms with van der Waals surface area (Å²) in [4.78, 5) is 25.1. The van der Waals surface area contributed by atoms with Crippen LogP contribution >= 0.6 is 0 Å². The molecule has 0 bridgehead atoms. The molecule has 8 N–H and O–H groups in total. The molecule has 51 heavy (non-hydrogen) atoms. The molecule has 0 spiro atoms. The monoisotopic (exact) mass is 724 g/mol. The number of esters is 2. The van der Waals surface area contributed by atoms with E-state index in [2.05, 4.69) is 0 Å². The van der Waals surface area contributed by atoms with Crippen molar-refractivity contribution < 1.29 is 88.3 Å². The maximum Gasteiger partial charge on any atom is 0.331 e. The van der Waals surface area contributed by atoms with E-state index in [1.54, 1.807) is 0 Å². The van der Waals surface area contributed by atoms with Crippen LogP contribution in [0.5, 0.6) is 28.7 Å². The summed E-state index contributed by atoms with van der Waals surface area (Å²) in [5.41, 5.74) is 0.823. The lowest BCUT2D eigenvalue weighted by Gasteiger charge is -2.44. The number of carbonyl (C=O) groups excluding carboxylic acids is 2. The third-order valence-corrected chi connectivity index (χ3v) is 8.04. The molecule has 9 unspecified atom stereocenters. The molecule has 0 radical (unpaired) electrons. The average Bonchev–Trinajstić information content (AvgIpc) is 3.37. The molecule has 18 heteroatoms. The molecule has 2 fully saturated rings. The number of phenolic OH excluding ortho intramolecular Hbond substituents is 2. The molecule has 0 aliphatic carbocycles. The van der Waals surface area contributed by atoms with Crippen LogP contribution in [0.1, 0.15) is 11.1 Å². The number of methoxy groups -OCH3 is 3. The first-order valence-electron chi connectivity index (χ1n) is 15.3. The van der Waals surface area contributed by atoms with Crippen LogP contribution in [-0.4, -0.2) is 149 Å². The van der Waals surface area contributed by atoms with E-state index in [9.17, 15) is 50.4 Å². The fourth-order valence-electron chi connectivity index (χ4n) is 5.27. The molecule has 2 aromatic rings. The highest BCUT2D eigenvalue weighted by Gasteiger charge is 2.59. The Balaban J connectivity index is 1.42. The van der Waals surface area contributed by atoms with E-state index in [0.717, 1.165) is 12.2 Å².